The molecule has 1 heterocycles. The Morgan fingerprint density at radius 3 is 2.58 bits per heavy atom. The monoisotopic (exact) mass is 439 g/mol. The molecule has 0 aliphatic carbocycles. The van der Waals surface area contributed by atoms with Gasteiger partial charge in [-0.1, -0.05) is 31.5 Å². The highest BCUT2D eigenvalue weighted by Crippen LogP contribution is 2.28. The van der Waals surface area contributed by atoms with Crippen LogP contribution in [0.2, 0.25) is 0 Å². The Balaban J connectivity index is 1.64. The molecule has 1 aromatic heterocycles. The Kier molecular flexibility index (Phi) is 7.61. The van der Waals surface area contributed by atoms with Crippen molar-refractivity contribution in [3.05, 3.63) is 59.0 Å². The summed E-state index contributed by atoms with van der Waals surface area (Å²) in [6, 6.07) is 12.9. The predicted octanol–water partition coefficient (Wildman–Crippen LogP) is 3.97. The lowest BCUT2D eigenvalue weighted by atomic mass is 10.1. The average Bonchev–Trinajstić information content (AvgIpc) is 3.23. The minimum Gasteiger partial charge on any atom is -0.493 e. The first-order valence-corrected chi connectivity index (χ1v) is 10.8. The maximum atomic E-state index is 12.4. The van der Waals surface area contributed by atoms with Crippen LogP contribution in [0, 0.1) is 0 Å². The van der Waals surface area contributed by atoms with E-state index in [0.717, 1.165) is 29.5 Å². The first kappa shape index (κ1) is 22.3. The van der Waals surface area contributed by atoms with E-state index < -0.39 is 11.8 Å². The number of carbonyl (C=O) groups is 2. The fraction of sp³-hybridized carbons (Fsp3) is 0.261. The minimum atomic E-state index is -0.401. The van der Waals surface area contributed by atoms with Gasteiger partial charge in [-0.2, -0.15) is 5.10 Å². The second-order valence-corrected chi connectivity index (χ2v) is 7.65. The van der Waals surface area contributed by atoms with Crippen molar-refractivity contribution in [1.29, 1.82) is 0 Å². The molecule has 2 amide bonds. The SMILES string of the molecule is CCCC(=NNC(=O)CNC(=O)c1ccc(OC)c(OC)c1)c1csc2ccccc12. The van der Waals surface area contributed by atoms with Gasteiger partial charge < -0.3 is 14.8 Å². The minimum absolute atomic E-state index is 0.194. The van der Waals surface area contributed by atoms with E-state index in [0.29, 0.717) is 17.1 Å². The Hall–Kier alpha value is -3.39. The number of hydrogen-bond donors (Lipinski definition) is 2. The standard InChI is InChI=1S/C23H25N3O4S/c1-4-7-18(17-14-31-21-9-6-5-8-16(17)21)25-26-22(27)13-24-23(28)15-10-11-19(29-2)20(12-15)30-3/h5-6,8-12,14H,4,7,13H2,1-3H3,(H,24,28)(H,26,27). The van der Waals surface area contributed by atoms with Crippen molar-refractivity contribution < 1.29 is 19.1 Å². The number of hydrazone groups is 1. The molecule has 0 aliphatic rings. The fourth-order valence-corrected chi connectivity index (χ4v) is 4.07. The van der Waals surface area contributed by atoms with Gasteiger partial charge in [0.25, 0.3) is 11.8 Å². The molecule has 0 spiro atoms. The number of fused-ring (bicyclic) bond motifs is 1. The summed E-state index contributed by atoms with van der Waals surface area (Å²) in [5, 5.41) is 10.1. The molecule has 0 bridgehead atoms. The lowest BCUT2D eigenvalue weighted by Gasteiger charge is -2.10. The summed E-state index contributed by atoms with van der Waals surface area (Å²) in [6.07, 6.45) is 1.63. The zero-order chi connectivity index (χ0) is 22.2. The molecule has 162 valence electrons. The van der Waals surface area contributed by atoms with Crippen molar-refractivity contribution in [2.75, 3.05) is 20.8 Å². The Bertz CT molecular complexity index is 1110. The molecule has 0 aliphatic heterocycles. The number of methoxy groups -OCH3 is 2. The van der Waals surface area contributed by atoms with Crippen LogP contribution >= 0.6 is 11.3 Å². The van der Waals surface area contributed by atoms with E-state index in [9.17, 15) is 9.59 Å². The molecule has 31 heavy (non-hydrogen) atoms. The van der Waals surface area contributed by atoms with Crippen LogP contribution in [-0.2, 0) is 4.79 Å². The number of nitrogens with zero attached hydrogens (tertiary/aromatic N) is 1. The summed E-state index contributed by atoms with van der Waals surface area (Å²) in [5.74, 6) is 0.173. The summed E-state index contributed by atoms with van der Waals surface area (Å²) in [5.41, 5.74) is 4.77. The van der Waals surface area contributed by atoms with E-state index in [1.165, 1.54) is 18.9 Å². The number of hydrogen-bond acceptors (Lipinski definition) is 6. The third kappa shape index (κ3) is 5.40. The molecular weight excluding hydrogens is 414 g/mol. The highest BCUT2D eigenvalue weighted by Gasteiger charge is 2.13. The predicted molar refractivity (Wildman–Crippen MR) is 123 cm³/mol. The van der Waals surface area contributed by atoms with Crippen LogP contribution in [0.25, 0.3) is 10.1 Å². The maximum Gasteiger partial charge on any atom is 0.259 e. The highest BCUT2D eigenvalue weighted by molar-refractivity contribution is 7.17. The first-order valence-electron chi connectivity index (χ1n) is 9.89. The Morgan fingerprint density at radius 1 is 1.06 bits per heavy atom. The first-order chi connectivity index (χ1) is 15.1. The van der Waals surface area contributed by atoms with Crippen LogP contribution in [0.1, 0.15) is 35.7 Å². The molecule has 7 nitrogen and oxygen atoms in total. The van der Waals surface area contributed by atoms with Gasteiger partial charge in [0.15, 0.2) is 11.5 Å². The van der Waals surface area contributed by atoms with E-state index in [-0.39, 0.29) is 6.54 Å². The third-order valence-electron chi connectivity index (χ3n) is 4.65. The molecule has 0 radical (unpaired) electrons. The largest absolute Gasteiger partial charge is 0.493 e. The zero-order valence-corrected chi connectivity index (χ0v) is 18.5. The van der Waals surface area contributed by atoms with Crippen LogP contribution in [0.4, 0.5) is 0 Å². The smallest absolute Gasteiger partial charge is 0.259 e. The van der Waals surface area contributed by atoms with Gasteiger partial charge >= 0.3 is 0 Å². The van der Waals surface area contributed by atoms with Crippen molar-refractivity contribution in [2.45, 2.75) is 19.8 Å². The number of ether oxygens (including phenoxy) is 2. The second-order valence-electron chi connectivity index (χ2n) is 6.74. The van der Waals surface area contributed by atoms with Crippen LogP contribution in [0.15, 0.2) is 52.9 Å². The third-order valence-corrected chi connectivity index (χ3v) is 5.61. The molecule has 2 aromatic carbocycles. The highest BCUT2D eigenvalue weighted by atomic mass is 32.1. The topological polar surface area (TPSA) is 89.0 Å². The van der Waals surface area contributed by atoms with E-state index in [1.54, 1.807) is 29.5 Å². The van der Waals surface area contributed by atoms with Gasteiger partial charge in [-0.05, 0) is 30.7 Å². The van der Waals surface area contributed by atoms with Crippen LogP contribution in [0.3, 0.4) is 0 Å². The number of rotatable bonds is 9. The summed E-state index contributed by atoms with van der Waals surface area (Å²) in [6.45, 7) is 1.87. The van der Waals surface area contributed by atoms with E-state index >= 15 is 0 Å². The molecule has 2 N–H and O–H groups in total. The number of carbonyl (C=O) groups excluding carboxylic acids is 2. The van der Waals surface area contributed by atoms with Gasteiger partial charge in [-0.15, -0.1) is 11.3 Å². The number of nitrogens with one attached hydrogen (secondary N) is 2. The molecule has 0 unspecified atom stereocenters. The molecule has 3 rings (SSSR count). The second kappa shape index (κ2) is 10.6. The number of amides is 2. The van der Waals surface area contributed by atoms with E-state index in [4.69, 9.17) is 9.47 Å². The summed E-state index contributed by atoms with van der Waals surface area (Å²) >= 11 is 1.65. The summed E-state index contributed by atoms with van der Waals surface area (Å²) < 4.78 is 11.5. The van der Waals surface area contributed by atoms with Gasteiger partial charge in [0.1, 0.15) is 0 Å². The molecule has 0 fully saturated rings. The lowest BCUT2D eigenvalue weighted by Crippen LogP contribution is -2.35. The molecule has 8 heteroatoms. The molecule has 3 aromatic rings. The van der Waals surface area contributed by atoms with Crippen molar-refractivity contribution in [3.8, 4) is 11.5 Å². The normalized spacial score (nSPS) is 11.3. The zero-order valence-electron chi connectivity index (χ0n) is 17.7. The van der Waals surface area contributed by atoms with Crippen LogP contribution < -0.4 is 20.2 Å². The van der Waals surface area contributed by atoms with E-state index in [1.807, 2.05) is 12.1 Å². The van der Waals surface area contributed by atoms with Crippen LogP contribution in [-0.4, -0.2) is 38.3 Å². The quantitative estimate of drug-likeness (QED) is 0.390. The number of thiophene rings is 1. The van der Waals surface area contributed by atoms with Crippen LogP contribution in [0.5, 0.6) is 11.5 Å². The molecule has 0 saturated heterocycles. The van der Waals surface area contributed by atoms with Crippen molar-refractivity contribution >= 4 is 38.9 Å². The van der Waals surface area contributed by atoms with Gasteiger partial charge in [-0.3, -0.25) is 9.59 Å². The Labute approximate surface area is 185 Å². The van der Waals surface area contributed by atoms with Gasteiger partial charge in [-0.25, -0.2) is 5.43 Å². The van der Waals surface area contributed by atoms with E-state index in [2.05, 4.69) is 40.3 Å². The van der Waals surface area contributed by atoms with Gasteiger partial charge in [0, 0.05) is 26.6 Å². The summed E-state index contributed by atoms with van der Waals surface area (Å²) in [4.78, 5) is 24.6. The molecular formula is C23H25N3O4S. The van der Waals surface area contributed by atoms with Gasteiger partial charge in [0.05, 0.1) is 26.5 Å². The van der Waals surface area contributed by atoms with Crippen molar-refractivity contribution in [1.82, 2.24) is 10.7 Å². The molecule has 0 saturated carbocycles. The van der Waals surface area contributed by atoms with Gasteiger partial charge in [0.2, 0.25) is 0 Å². The maximum absolute atomic E-state index is 12.4. The Morgan fingerprint density at radius 2 is 1.84 bits per heavy atom. The fourth-order valence-electron chi connectivity index (χ4n) is 3.10. The summed E-state index contributed by atoms with van der Waals surface area (Å²) in [7, 11) is 3.02. The van der Waals surface area contributed by atoms with Crippen molar-refractivity contribution in [2.24, 2.45) is 5.10 Å². The lowest BCUT2D eigenvalue weighted by molar-refractivity contribution is -0.120. The number of benzene rings is 2. The average molecular weight is 440 g/mol. The van der Waals surface area contributed by atoms with Crippen molar-refractivity contribution in [3.63, 3.8) is 0 Å². The molecule has 0 atom stereocenters.